The highest BCUT2D eigenvalue weighted by Crippen LogP contribution is 2.24. The molecular formula is C59H108N10O12. The third kappa shape index (κ3) is 25.4. The van der Waals surface area contributed by atoms with Crippen molar-refractivity contribution in [3.05, 3.63) is 0 Å². The number of aliphatic hydroxyl groups is 2. The predicted octanol–water partition coefficient (Wildman–Crippen LogP) is 3.28. The molecule has 1 aliphatic heterocycles. The van der Waals surface area contributed by atoms with Gasteiger partial charge in [0.05, 0.1) is 12.7 Å². The van der Waals surface area contributed by atoms with E-state index in [9.17, 15) is 58.2 Å². The summed E-state index contributed by atoms with van der Waals surface area (Å²) in [5.41, 5.74) is -4.64. The van der Waals surface area contributed by atoms with Crippen LogP contribution in [0.25, 0.3) is 0 Å². The summed E-state index contributed by atoms with van der Waals surface area (Å²) in [6, 6.07) is -5.98. The Morgan fingerprint density at radius 3 is 1.79 bits per heavy atom. The average molecular weight is 1150 g/mol. The number of rotatable bonds is 38. The van der Waals surface area contributed by atoms with E-state index in [1.807, 2.05) is 18.7 Å². The maximum atomic E-state index is 14.2. The van der Waals surface area contributed by atoms with Crippen LogP contribution in [0.1, 0.15) is 201 Å². The summed E-state index contributed by atoms with van der Waals surface area (Å²) in [7, 11) is 1.80. The number of ketones is 1. The second kappa shape index (κ2) is 35.0. The van der Waals surface area contributed by atoms with E-state index in [1.54, 1.807) is 53.5 Å². The van der Waals surface area contributed by atoms with Gasteiger partial charge in [-0.3, -0.25) is 47.9 Å². The number of Topliss-reactive ketones (excluding diaryl/α,β-unsaturated/α-hetero) is 1. The number of carbonyl (C=O) groups excluding carboxylic acids is 10. The first-order chi connectivity index (χ1) is 37.6. The SMILES string of the molecule is CCCCCCCC[C@@H](C)C(=O)N1CCC[C@@H]1C(=O)N[C@@H](C[C@@H](C)C[C@@H](O)CC(=O)CC)C(=O)N[C@@H](C)C(=O)NC(C)(C)C(=O)N[C@@H](C(=O)N[C@@H](C(=O)NC(C)(C)C(=O)NC(C)(C)C(=O)N[C@H](C)CN(C)CCO)C(C)C)[C@H](C)CC. The largest absolute Gasteiger partial charge is 0.395 e. The van der Waals surface area contributed by atoms with Gasteiger partial charge in [-0.25, -0.2) is 0 Å². The molecule has 81 heavy (non-hydrogen) atoms. The highest BCUT2D eigenvalue weighted by atomic mass is 16.3. The molecule has 466 valence electrons. The summed E-state index contributed by atoms with van der Waals surface area (Å²) in [4.78, 5) is 140. The summed E-state index contributed by atoms with van der Waals surface area (Å²) in [6.07, 6.45) is 8.06. The van der Waals surface area contributed by atoms with Crippen LogP contribution >= 0.6 is 0 Å². The number of carbonyl (C=O) groups is 10. The smallest absolute Gasteiger partial charge is 0.246 e. The average Bonchev–Trinajstić information content (AvgIpc) is 3.97. The molecule has 0 unspecified atom stereocenters. The standard InChI is InChI=1S/C59H108N10O12/c1-18-21-22-23-24-25-27-39(8)53(78)69-29-26-28-45(69)50(75)62-44(33-37(6)32-43(72)34-42(71)20-3)49(74)61-41(10)48(73)65-57(11,12)55(80)64-47(38(7)19-2)51(76)63-46(36(4)5)52(77)66-59(15,16)56(81)67-58(13,14)54(79)60-40(9)35-68(17)30-31-70/h36-41,43-47,70,72H,18-35H2,1-17H3,(H,60,79)(H,61,74)(H,62,75)(H,63,76)(H,64,80)(H,65,73)(H,66,77)(H,67,81)/t37-,38+,39+,40+,41-,43+,44-,45+,46+,47+/m0/s1. The van der Waals surface area contributed by atoms with Crippen LogP contribution < -0.4 is 42.5 Å². The van der Waals surface area contributed by atoms with E-state index >= 15 is 0 Å². The molecule has 0 spiro atoms. The normalized spacial score (nSPS) is 17.3. The summed E-state index contributed by atoms with van der Waals surface area (Å²) in [5, 5.41) is 41.9. The molecule has 9 amide bonds. The molecule has 1 fully saturated rings. The molecule has 1 saturated heterocycles. The van der Waals surface area contributed by atoms with Crippen molar-refractivity contribution in [1.82, 2.24) is 52.3 Å². The molecule has 0 saturated carbocycles. The van der Waals surface area contributed by atoms with Crippen LogP contribution in [0.4, 0.5) is 0 Å². The van der Waals surface area contributed by atoms with Crippen LogP contribution in [0.3, 0.4) is 0 Å². The quantitative estimate of drug-likeness (QED) is 0.0398. The molecule has 0 aromatic carbocycles. The van der Waals surface area contributed by atoms with Gasteiger partial charge < -0.3 is 62.5 Å². The predicted molar refractivity (Wildman–Crippen MR) is 313 cm³/mol. The van der Waals surface area contributed by atoms with Gasteiger partial charge in [-0.05, 0) is 112 Å². The lowest BCUT2D eigenvalue weighted by Crippen LogP contribution is -2.66. The van der Waals surface area contributed by atoms with Gasteiger partial charge in [0.15, 0.2) is 0 Å². The van der Waals surface area contributed by atoms with Crippen LogP contribution in [0, 0.1) is 23.7 Å². The van der Waals surface area contributed by atoms with Crippen molar-refractivity contribution in [1.29, 1.82) is 0 Å². The van der Waals surface area contributed by atoms with E-state index < -0.39 is 112 Å². The topological polar surface area (TPSA) is 314 Å². The van der Waals surface area contributed by atoms with E-state index in [-0.39, 0.29) is 61.9 Å². The van der Waals surface area contributed by atoms with E-state index in [0.29, 0.717) is 45.3 Å². The Kier molecular flexibility index (Phi) is 31.9. The Hall–Kier alpha value is -5.22. The summed E-state index contributed by atoms with van der Waals surface area (Å²) in [5.74, 6) is -7.18. The van der Waals surface area contributed by atoms with Crippen LogP contribution in [0.5, 0.6) is 0 Å². The van der Waals surface area contributed by atoms with E-state index in [4.69, 9.17) is 0 Å². The molecule has 1 rings (SSSR count). The van der Waals surface area contributed by atoms with Gasteiger partial charge in [0.2, 0.25) is 53.2 Å². The molecule has 1 heterocycles. The molecule has 0 bridgehead atoms. The first kappa shape index (κ1) is 73.8. The molecule has 1 aliphatic rings. The molecule has 10 N–H and O–H groups in total. The maximum Gasteiger partial charge on any atom is 0.246 e. The summed E-state index contributed by atoms with van der Waals surface area (Å²) >= 11 is 0. The lowest BCUT2D eigenvalue weighted by atomic mass is 9.92. The van der Waals surface area contributed by atoms with Crippen LogP contribution in [0.15, 0.2) is 0 Å². The Morgan fingerprint density at radius 2 is 1.21 bits per heavy atom. The van der Waals surface area contributed by atoms with Gasteiger partial charge in [0.1, 0.15) is 52.6 Å². The number of amides is 9. The first-order valence-corrected chi connectivity index (χ1v) is 29.9. The fraction of sp³-hybridized carbons (Fsp3) is 0.831. The van der Waals surface area contributed by atoms with Crippen molar-refractivity contribution in [2.75, 3.05) is 33.3 Å². The minimum Gasteiger partial charge on any atom is -0.395 e. The van der Waals surface area contributed by atoms with Crippen molar-refractivity contribution >= 4 is 58.9 Å². The van der Waals surface area contributed by atoms with Crippen molar-refractivity contribution in [3.8, 4) is 0 Å². The minimum absolute atomic E-state index is 0.0301. The number of unbranched alkanes of at least 4 members (excludes halogenated alkanes) is 5. The van der Waals surface area contributed by atoms with Gasteiger partial charge in [-0.1, -0.05) is 100 Å². The molecular weight excluding hydrogens is 1040 g/mol. The van der Waals surface area contributed by atoms with E-state index in [1.165, 1.54) is 54.9 Å². The fourth-order valence-corrected chi connectivity index (χ4v) is 9.67. The zero-order chi connectivity index (χ0) is 62.2. The second-order valence-corrected chi connectivity index (χ2v) is 25.0. The van der Waals surface area contributed by atoms with Gasteiger partial charge in [-0.15, -0.1) is 0 Å². The lowest BCUT2D eigenvalue weighted by molar-refractivity contribution is -0.142. The van der Waals surface area contributed by atoms with Gasteiger partial charge in [0, 0.05) is 44.4 Å². The monoisotopic (exact) mass is 1150 g/mol. The number of aliphatic hydroxyl groups excluding tert-OH is 2. The fourth-order valence-electron chi connectivity index (χ4n) is 9.67. The number of likely N-dealkylation sites (N-methyl/N-ethyl adjacent to an activating group) is 1. The Labute approximate surface area is 484 Å². The number of likely N-dealkylation sites (tertiary alicyclic amines) is 1. The maximum absolute atomic E-state index is 14.2. The first-order valence-electron chi connectivity index (χ1n) is 29.9. The minimum atomic E-state index is -1.67. The highest BCUT2D eigenvalue weighted by molar-refractivity contribution is 6.00. The molecule has 22 heteroatoms. The number of nitrogens with one attached hydrogen (secondary N) is 8. The third-order valence-electron chi connectivity index (χ3n) is 15.3. The van der Waals surface area contributed by atoms with Crippen LogP contribution in [-0.2, 0) is 47.9 Å². The Balaban J connectivity index is 3.23. The second-order valence-electron chi connectivity index (χ2n) is 25.0. The number of hydrogen-bond donors (Lipinski definition) is 10. The Bertz CT molecular complexity index is 2080. The Morgan fingerprint density at radius 1 is 0.642 bits per heavy atom. The molecule has 0 aliphatic carbocycles. The van der Waals surface area contributed by atoms with Gasteiger partial charge in [-0.2, -0.15) is 0 Å². The third-order valence-corrected chi connectivity index (χ3v) is 15.3. The van der Waals surface area contributed by atoms with Gasteiger partial charge >= 0.3 is 0 Å². The zero-order valence-corrected chi connectivity index (χ0v) is 52.5. The molecule has 10 atom stereocenters. The van der Waals surface area contributed by atoms with Crippen molar-refractivity contribution < 1.29 is 58.2 Å². The van der Waals surface area contributed by atoms with E-state index in [2.05, 4.69) is 49.5 Å². The van der Waals surface area contributed by atoms with Crippen molar-refractivity contribution in [3.63, 3.8) is 0 Å². The number of nitrogens with zero attached hydrogens (tertiary/aromatic N) is 2. The summed E-state index contributed by atoms with van der Waals surface area (Å²) in [6.45, 7) is 27.7. The molecule has 0 aromatic rings. The van der Waals surface area contributed by atoms with Gasteiger partial charge in [0.25, 0.3) is 0 Å². The summed E-state index contributed by atoms with van der Waals surface area (Å²) < 4.78 is 0. The molecule has 22 nitrogen and oxygen atoms in total. The zero-order valence-electron chi connectivity index (χ0n) is 52.5. The highest BCUT2D eigenvalue weighted by Gasteiger charge is 2.42. The van der Waals surface area contributed by atoms with Crippen LogP contribution in [0.2, 0.25) is 0 Å². The van der Waals surface area contributed by atoms with Crippen molar-refractivity contribution in [2.45, 2.75) is 260 Å². The molecule has 0 radical (unpaired) electrons. The molecule has 0 aromatic heterocycles. The van der Waals surface area contributed by atoms with Crippen molar-refractivity contribution in [2.24, 2.45) is 23.7 Å². The van der Waals surface area contributed by atoms with E-state index in [0.717, 1.165) is 32.1 Å². The number of hydrogen-bond acceptors (Lipinski definition) is 13. The van der Waals surface area contributed by atoms with Crippen LogP contribution in [-0.4, -0.2) is 171 Å². The lowest BCUT2D eigenvalue weighted by Gasteiger charge is -2.35.